The second-order valence-corrected chi connectivity index (χ2v) is 8.83. The summed E-state index contributed by atoms with van der Waals surface area (Å²) in [6.45, 7) is 2.42. The molecule has 4 rings (SSSR count). The van der Waals surface area contributed by atoms with Crippen molar-refractivity contribution >= 4 is 32.3 Å². The van der Waals surface area contributed by atoms with E-state index in [1.807, 2.05) is 38.2 Å². The molecule has 9 heteroatoms. The van der Waals surface area contributed by atoms with Crippen LogP contribution in [-0.2, 0) is 16.6 Å². The van der Waals surface area contributed by atoms with Crippen molar-refractivity contribution in [3.63, 3.8) is 0 Å². The number of rotatable bonds is 7. The monoisotopic (exact) mass is 437 g/mol. The molecule has 0 unspecified atom stereocenters. The Morgan fingerprint density at radius 2 is 2.00 bits per heavy atom. The van der Waals surface area contributed by atoms with Gasteiger partial charge in [0.1, 0.15) is 4.90 Å². The second-order valence-electron chi connectivity index (χ2n) is 7.02. The lowest BCUT2D eigenvalue weighted by Crippen LogP contribution is -2.12. The highest BCUT2D eigenvalue weighted by Gasteiger charge is 2.21. The van der Waals surface area contributed by atoms with Crippen molar-refractivity contribution in [3.8, 4) is 5.88 Å². The predicted octanol–water partition coefficient (Wildman–Crippen LogP) is 3.45. The number of benzene rings is 1. The first-order valence-corrected chi connectivity index (χ1v) is 11.1. The van der Waals surface area contributed by atoms with Crippen LogP contribution in [0.3, 0.4) is 0 Å². The number of methoxy groups -OCH3 is 1. The van der Waals surface area contributed by atoms with Gasteiger partial charge < -0.3 is 15.4 Å². The normalized spacial score (nSPS) is 11.6. The smallest absolute Gasteiger partial charge is 0.269 e. The molecule has 0 atom stereocenters. The first-order valence-electron chi connectivity index (χ1n) is 9.67. The lowest BCUT2D eigenvalue weighted by Gasteiger charge is -2.12. The minimum Gasteiger partial charge on any atom is -0.481 e. The number of nitrogens with one attached hydrogen (secondary N) is 2. The van der Waals surface area contributed by atoms with Crippen LogP contribution in [0.15, 0.2) is 66.0 Å². The van der Waals surface area contributed by atoms with Crippen LogP contribution in [0.4, 0.5) is 11.4 Å². The van der Waals surface area contributed by atoms with Crippen LogP contribution >= 0.6 is 0 Å². The molecular formula is C22H23N5O3S. The summed E-state index contributed by atoms with van der Waals surface area (Å²) < 4.78 is 33.1. The Hall–Kier alpha value is -3.43. The molecule has 0 radical (unpaired) electrons. The maximum atomic E-state index is 13.3. The number of pyridine rings is 2. The summed E-state index contributed by atoms with van der Waals surface area (Å²) in [5.74, 6) is 0.534. The number of hydrogen-bond donors (Lipinski definition) is 2. The van der Waals surface area contributed by atoms with Gasteiger partial charge in [0.15, 0.2) is 0 Å². The average Bonchev–Trinajstić information content (AvgIpc) is 3.14. The van der Waals surface area contributed by atoms with E-state index in [4.69, 9.17) is 4.74 Å². The Balaban J connectivity index is 1.82. The van der Waals surface area contributed by atoms with E-state index in [2.05, 4.69) is 20.6 Å². The summed E-state index contributed by atoms with van der Waals surface area (Å²) in [5.41, 5.74) is 3.80. The van der Waals surface area contributed by atoms with Crippen molar-refractivity contribution in [1.29, 1.82) is 0 Å². The van der Waals surface area contributed by atoms with Crippen molar-refractivity contribution in [3.05, 3.63) is 72.3 Å². The van der Waals surface area contributed by atoms with Gasteiger partial charge in [-0.15, -0.1) is 0 Å². The summed E-state index contributed by atoms with van der Waals surface area (Å²) in [4.78, 5) is 8.47. The van der Waals surface area contributed by atoms with E-state index in [9.17, 15) is 8.42 Å². The van der Waals surface area contributed by atoms with Gasteiger partial charge in [0, 0.05) is 42.3 Å². The number of aromatic nitrogens is 3. The summed E-state index contributed by atoms with van der Waals surface area (Å²) in [5, 5.41) is 7.28. The van der Waals surface area contributed by atoms with E-state index in [-0.39, 0.29) is 4.90 Å². The van der Waals surface area contributed by atoms with E-state index < -0.39 is 10.0 Å². The number of nitrogens with zero attached hydrogens (tertiary/aromatic N) is 3. The third kappa shape index (κ3) is 3.97. The standard InChI is InChI=1S/C22H23N5O3S/c1-15-20(8-9-22(25-15)30-3)26-17-6-7-19-16(12-23-2)14-27(21(19)11-17)31(28,29)18-5-4-10-24-13-18/h4-11,13-14,23,26H,12H2,1-3H3. The molecule has 0 amide bonds. The first kappa shape index (κ1) is 20.8. The maximum absolute atomic E-state index is 13.3. The number of aryl methyl sites for hydroxylation is 1. The molecule has 1 aromatic carbocycles. The fraction of sp³-hybridized carbons (Fsp3) is 0.182. The molecule has 0 saturated carbocycles. The molecule has 2 N–H and O–H groups in total. The molecule has 0 saturated heterocycles. The van der Waals surface area contributed by atoms with Gasteiger partial charge in [0.05, 0.1) is 24.0 Å². The zero-order valence-corrected chi connectivity index (χ0v) is 18.3. The van der Waals surface area contributed by atoms with E-state index >= 15 is 0 Å². The molecule has 0 aliphatic rings. The van der Waals surface area contributed by atoms with Gasteiger partial charge in [-0.05, 0) is 49.9 Å². The molecule has 160 valence electrons. The van der Waals surface area contributed by atoms with Gasteiger partial charge in [-0.2, -0.15) is 0 Å². The van der Waals surface area contributed by atoms with E-state index in [0.29, 0.717) is 17.9 Å². The molecule has 31 heavy (non-hydrogen) atoms. The van der Waals surface area contributed by atoms with Crippen molar-refractivity contribution in [1.82, 2.24) is 19.3 Å². The number of anilines is 2. The summed E-state index contributed by atoms with van der Waals surface area (Å²) >= 11 is 0. The molecule has 8 nitrogen and oxygen atoms in total. The van der Waals surface area contributed by atoms with Crippen LogP contribution in [0.1, 0.15) is 11.3 Å². The van der Waals surface area contributed by atoms with Crippen LogP contribution in [0, 0.1) is 6.92 Å². The molecule has 3 heterocycles. The topological polar surface area (TPSA) is 98.1 Å². The zero-order chi connectivity index (χ0) is 22.0. The minimum atomic E-state index is -3.80. The molecular weight excluding hydrogens is 414 g/mol. The number of hydrogen-bond acceptors (Lipinski definition) is 7. The van der Waals surface area contributed by atoms with Crippen molar-refractivity contribution in [2.75, 3.05) is 19.5 Å². The van der Waals surface area contributed by atoms with E-state index in [1.165, 1.54) is 10.2 Å². The fourth-order valence-corrected chi connectivity index (χ4v) is 4.77. The quantitative estimate of drug-likeness (QED) is 0.457. The maximum Gasteiger partial charge on any atom is 0.269 e. The Morgan fingerprint density at radius 3 is 2.68 bits per heavy atom. The van der Waals surface area contributed by atoms with Gasteiger partial charge >= 0.3 is 0 Å². The van der Waals surface area contributed by atoms with Gasteiger partial charge in [0.2, 0.25) is 5.88 Å². The van der Waals surface area contributed by atoms with E-state index in [1.54, 1.807) is 37.7 Å². The highest BCUT2D eigenvalue weighted by Crippen LogP contribution is 2.30. The van der Waals surface area contributed by atoms with Gasteiger partial charge in [0.25, 0.3) is 10.0 Å². The Bertz CT molecular complexity index is 1330. The second kappa shape index (κ2) is 8.37. The Kier molecular flexibility index (Phi) is 5.62. The molecule has 0 aliphatic carbocycles. The summed E-state index contributed by atoms with van der Waals surface area (Å²) in [6.07, 6.45) is 4.56. The predicted molar refractivity (Wildman–Crippen MR) is 120 cm³/mol. The third-order valence-corrected chi connectivity index (χ3v) is 6.62. The SMILES string of the molecule is CNCc1cn(S(=O)(=O)c2cccnc2)c2cc(Nc3ccc(OC)nc3C)ccc12. The van der Waals surface area contributed by atoms with Crippen molar-refractivity contribution in [2.24, 2.45) is 0 Å². The van der Waals surface area contributed by atoms with Crippen LogP contribution in [0.2, 0.25) is 0 Å². The zero-order valence-electron chi connectivity index (χ0n) is 17.5. The van der Waals surface area contributed by atoms with Crippen LogP contribution < -0.4 is 15.4 Å². The van der Waals surface area contributed by atoms with Gasteiger partial charge in [-0.1, -0.05) is 6.07 Å². The van der Waals surface area contributed by atoms with Gasteiger partial charge in [-0.25, -0.2) is 17.4 Å². The largest absolute Gasteiger partial charge is 0.481 e. The molecule has 0 bridgehead atoms. The Morgan fingerprint density at radius 1 is 1.16 bits per heavy atom. The molecule has 4 aromatic rings. The minimum absolute atomic E-state index is 0.136. The summed E-state index contributed by atoms with van der Waals surface area (Å²) in [7, 11) is -0.401. The molecule has 0 aliphatic heterocycles. The number of ether oxygens (including phenoxy) is 1. The van der Waals surface area contributed by atoms with Crippen LogP contribution in [-0.4, -0.2) is 36.5 Å². The highest BCUT2D eigenvalue weighted by atomic mass is 32.2. The lowest BCUT2D eigenvalue weighted by molar-refractivity contribution is 0.397. The lowest BCUT2D eigenvalue weighted by atomic mass is 10.1. The Labute approximate surface area is 181 Å². The summed E-state index contributed by atoms with van der Waals surface area (Å²) in [6, 6.07) is 12.5. The average molecular weight is 438 g/mol. The number of fused-ring (bicyclic) bond motifs is 1. The fourth-order valence-electron chi connectivity index (χ4n) is 3.43. The molecule has 0 fully saturated rings. The van der Waals surface area contributed by atoms with Gasteiger partial charge in [-0.3, -0.25) is 4.98 Å². The molecule has 0 spiro atoms. The van der Waals surface area contributed by atoms with E-state index in [0.717, 1.165) is 28.0 Å². The molecule has 3 aromatic heterocycles. The van der Waals surface area contributed by atoms with Crippen LogP contribution in [0.5, 0.6) is 5.88 Å². The van der Waals surface area contributed by atoms with Crippen LogP contribution in [0.25, 0.3) is 10.9 Å². The first-order chi connectivity index (χ1) is 14.9. The third-order valence-electron chi connectivity index (χ3n) is 4.96. The van der Waals surface area contributed by atoms with Crippen molar-refractivity contribution < 1.29 is 13.2 Å². The highest BCUT2D eigenvalue weighted by molar-refractivity contribution is 7.90. The van der Waals surface area contributed by atoms with Crippen molar-refractivity contribution in [2.45, 2.75) is 18.4 Å².